The first kappa shape index (κ1) is 18.8. The highest BCUT2D eigenvalue weighted by atomic mass is 35.5. The first-order valence-corrected chi connectivity index (χ1v) is 8.20. The zero-order chi connectivity index (χ0) is 18.2. The second-order valence-electron chi connectivity index (χ2n) is 5.43. The van der Waals surface area contributed by atoms with Gasteiger partial charge in [0, 0.05) is 11.6 Å². The average molecular weight is 362 g/mol. The fourth-order valence-corrected chi connectivity index (χ4v) is 2.41. The van der Waals surface area contributed by atoms with Crippen LogP contribution in [0.1, 0.15) is 22.8 Å². The van der Waals surface area contributed by atoms with Crippen LogP contribution in [0.3, 0.4) is 0 Å². The minimum atomic E-state index is -0.252. The number of halogens is 1. The fraction of sp³-hybridized carbons (Fsp3) is 0.263. The van der Waals surface area contributed by atoms with Gasteiger partial charge in [-0.1, -0.05) is 23.7 Å². The third kappa shape index (κ3) is 5.80. The lowest BCUT2D eigenvalue weighted by Crippen LogP contribution is -2.30. The second kappa shape index (κ2) is 9.08. The lowest BCUT2D eigenvalue weighted by Gasteiger charge is -2.10. The van der Waals surface area contributed by atoms with Gasteiger partial charge in [-0.05, 0) is 49.2 Å². The summed E-state index contributed by atoms with van der Waals surface area (Å²) in [5.74, 6) is 0.725. The van der Waals surface area contributed by atoms with E-state index in [0.29, 0.717) is 29.3 Å². The van der Waals surface area contributed by atoms with Crippen LogP contribution in [0.5, 0.6) is 11.5 Å². The smallest absolute Gasteiger partial charge is 0.257 e. The number of ether oxygens (including phenoxy) is 2. The molecule has 1 N–H and O–H groups in total. The van der Waals surface area contributed by atoms with E-state index in [-0.39, 0.29) is 18.3 Å². The van der Waals surface area contributed by atoms with E-state index in [4.69, 9.17) is 21.1 Å². The molecule has 2 aromatic rings. The molecule has 0 aliphatic heterocycles. The molecule has 0 saturated carbocycles. The number of hydrogen-bond donors (Lipinski definition) is 1. The molecule has 0 aliphatic carbocycles. The third-order valence-electron chi connectivity index (χ3n) is 3.57. The third-order valence-corrected chi connectivity index (χ3v) is 3.81. The Bertz CT molecular complexity index is 744. The molecule has 0 heterocycles. The Morgan fingerprint density at radius 3 is 2.48 bits per heavy atom. The molecule has 0 atom stereocenters. The quantitative estimate of drug-likeness (QED) is 0.733. The Morgan fingerprint density at radius 1 is 1.12 bits per heavy atom. The molecule has 132 valence electrons. The van der Waals surface area contributed by atoms with E-state index in [1.807, 2.05) is 24.3 Å². The summed E-state index contributed by atoms with van der Waals surface area (Å²) in [6, 6.07) is 12.4. The normalized spacial score (nSPS) is 10.2. The molecule has 2 aromatic carbocycles. The number of hydrogen-bond acceptors (Lipinski definition) is 4. The molecule has 0 unspecified atom stereocenters. The van der Waals surface area contributed by atoms with Gasteiger partial charge >= 0.3 is 0 Å². The Kier molecular flexibility index (Phi) is 6.83. The lowest BCUT2D eigenvalue weighted by atomic mass is 10.1. The SMILES string of the molecule is COc1ccc(CCNC(=O)COc2ccc(Cl)cc2C(C)=O)cc1. The number of carbonyl (C=O) groups excluding carboxylic acids is 2. The van der Waals surface area contributed by atoms with Crippen LogP contribution in [0.15, 0.2) is 42.5 Å². The molecule has 0 radical (unpaired) electrons. The van der Waals surface area contributed by atoms with E-state index in [2.05, 4.69) is 5.32 Å². The number of nitrogens with one attached hydrogen (secondary N) is 1. The number of methoxy groups -OCH3 is 1. The van der Waals surface area contributed by atoms with Crippen molar-refractivity contribution in [1.29, 1.82) is 0 Å². The highest BCUT2D eigenvalue weighted by Crippen LogP contribution is 2.23. The van der Waals surface area contributed by atoms with Crippen molar-refractivity contribution in [3.8, 4) is 11.5 Å². The summed E-state index contributed by atoms with van der Waals surface area (Å²) in [6.45, 7) is 1.76. The Hall–Kier alpha value is -2.53. The topological polar surface area (TPSA) is 64.6 Å². The van der Waals surface area contributed by atoms with Gasteiger partial charge in [-0.2, -0.15) is 0 Å². The number of carbonyl (C=O) groups is 2. The zero-order valence-electron chi connectivity index (χ0n) is 14.2. The molecular weight excluding hydrogens is 342 g/mol. The van der Waals surface area contributed by atoms with Crippen LogP contribution in [0.4, 0.5) is 0 Å². The van der Waals surface area contributed by atoms with Gasteiger partial charge in [0.25, 0.3) is 5.91 Å². The number of benzene rings is 2. The van der Waals surface area contributed by atoms with Gasteiger partial charge in [0.2, 0.25) is 0 Å². The molecule has 2 rings (SSSR count). The Balaban J connectivity index is 1.80. The van der Waals surface area contributed by atoms with E-state index in [1.54, 1.807) is 19.2 Å². The highest BCUT2D eigenvalue weighted by molar-refractivity contribution is 6.31. The fourth-order valence-electron chi connectivity index (χ4n) is 2.24. The molecule has 0 spiro atoms. The van der Waals surface area contributed by atoms with E-state index < -0.39 is 0 Å². The summed E-state index contributed by atoms with van der Waals surface area (Å²) in [5, 5.41) is 3.23. The van der Waals surface area contributed by atoms with Crippen LogP contribution in [0, 0.1) is 0 Å². The van der Waals surface area contributed by atoms with Gasteiger partial charge in [-0.25, -0.2) is 0 Å². The summed E-state index contributed by atoms with van der Waals surface area (Å²) in [4.78, 5) is 23.5. The summed E-state index contributed by atoms with van der Waals surface area (Å²) >= 11 is 5.87. The van der Waals surface area contributed by atoms with Gasteiger partial charge in [0.15, 0.2) is 12.4 Å². The molecule has 25 heavy (non-hydrogen) atoms. The average Bonchev–Trinajstić information content (AvgIpc) is 2.61. The van der Waals surface area contributed by atoms with Gasteiger partial charge in [0.05, 0.1) is 12.7 Å². The standard InChI is InChI=1S/C19H20ClNO4/c1-13(22)17-11-15(20)5-8-18(17)25-12-19(23)21-10-9-14-3-6-16(24-2)7-4-14/h3-8,11H,9-10,12H2,1-2H3,(H,21,23). The first-order chi connectivity index (χ1) is 12.0. The van der Waals surface area contributed by atoms with Crippen LogP contribution in [-0.4, -0.2) is 32.0 Å². The second-order valence-corrected chi connectivity index (χ2v) is 5.87. The molecule has 0 saturated heterocycles. The maximum atomic E-state index is 11.9. The van der Waals surface area contributed by atoms with Crippen molar-refractivity contribution in [3.63, 3.8) is 0 Å². The maximum Gasteiger partial charge on any atom is 0.257 e. The number of Topliss-reactive ketones (excluding diaryl/α,β-unsaturated/α-hetero) is 1. The van der Waals surface area contributed by atoms with Crippen molar-refractivity contribution < 1.29 is 19.1 Å². The van der Waals surface area contributed by atoms with Gasteiger partial charge in [-0.15, -0.1) is 0 Å². The molecule has 6 heteroatoms. The van der Waals surface area contributed by atoms with Crippen molar-refractivity contribution in [2.45, 2.75) is 13.3 Å². The number of amides is 1. The largest absolute Gasteiger partial charge is 0.497 e. The van der Waals surface area contributed by atoms with E-state index in [0.717, 1.165) is 11.3 Å². The molecule has 0 aromatic heterocycles. The van der Waals surface area contributed by atoms with Crippen LogP contribution in [-0.2, 0) is 11.2 Å². The summed E-state index contributed by atoms with van der Waals surface area (Å²) < 4.78 is 10.5. The van der Waals surface area contributed by atoms with E-state index >= 15 is 0 Å². The van der Waals surface area contributed by atoms with Crippen molar-refractivity contribution in [1.82, 2.24) is 5.32 Å². The minimum Gasteiger partial charge on any atom is -0.497 e. The summed E-state index contributed by atoms with van der Waals surface area (Å²) in [7, 11) is 1.62. The van der Waals surface area contributed by atoms with E-state index in [1.165, 1.54) is 13.0 Å². The van der Waals surface area contributed by atoms with Crippen molar-refractivity contribution in [2.24, 2.45) is 0 Å². The molecule has 0 aliphatic rings. The van der Waals surface area contributed by atoms with Gasteiger partial charge in [-0.3, -0.25) is 9.59 Å². The van der Waals surface area contributed by atoms with Crippen LogP contribution in [0.25, 0.3) is 0 Å². The Morgan fingerprint density at radius 2 is 1.84 bits per heavy atom. The summed E-state index contributed by atoms with van der Waals surface area (Å²) in [6.07, 6.45) is 0.704. The van der Waals surface area contributed by atoms with Crippen LogP contribution < -0.4 is 14.8 Å². The maximum absolute atomic E-state index is 11.9. The van der Waals surface area contributed by atoms with Crippen molar-refractivity contribution in [2.75, 3.05) is 20.3 Å². The van der Waals surface area contributed by atoms with Gasteiger partial charge < -0.3 is 14.8 Å². The molecule has 0 bridgehead atoms. The van der Waals surface area contributed by atoms with E-state index in [9.17, 15) is 9.59 Å². The zero-order valence-corrected chi connectivity index (χ0v) is 14.9. The van der Waals surface area contributed by atoms with Crippen molar-refractivity contribution >= 4 is 23.3 Å². The number of ketones is 1. The molecule has 1 amide bonds. The molecular formula is C19H20ClNO4. The molecule has 0 fully saturated rings. The predicted molar refractivity (Wildman–Crippen MR) is 96.7 cm³/mol. The number of rotatable bonds is 8. The summed E-state index contributed by atoms with van der Waals surface area (Å²) in [5.41, 5.74) is 1.46. The highest BCUT2D eigenvalue weighted by Gasteiger charge is 2.11. The predicted octanol–water partition coefficient (Wildman–Crippen LogP) is 3.29. The minimum absolute atomic E-state index is 0.162. The lowest BCUT2D eigenvalue weighted by molar-refractivity contribution is -0.123. The van der Waals surface area contributed by atoms with Crippen LogP contribution in [0.2, 0.25) is 5.02 Å². The molecule has 5 nitrogen and oxygen atoms in total. The Labute approximate surface area is 151 Å². The van der Waals surface area contributed by atoms with Crippen molar-refractivity contribution in [3.05, 3.63) is 58.6 Å². The van der Waals surface area contributed by atoms with Crippen LogP contribution >= 0.6 is 11.6 Å². The monoisotopic (exact) mass is 361 g/mol. The first-order valence-electron chi connectivity index (χ1n) is 7.82. The van der Waals surface area contributed by atoms with Gasteiger partial charge in [0.1, 0.15) is 11.5 Å².